The number of carbonyl (C=O) groups is 1. The quantitative estimate of drug-likeness (QED) is 0.661. The lowest BCUT2D eigenvalue weighted by Gasteiger charge is -2.25. The molecule has 17 heavy (non-hydrogen) atoms. The van der Waals surface area contributed by atoms with Crippen LogP contribution in [0.5, 0.6) is 0 Å². The van der Waals surface area contributed by atoms with Gasteiger partial charge in [0, 0.05) is 19.8 Å². The van der Waals surface area contributed by atoms with E-state index in [2.05, 4.69) is 5.32 Å². The number of hydrogen-bond donors (Lipinski definition) is 2. The maximum Gasteiger partial charge on any atom is 0.237 e. The fourth-order valence-electron chi connectivity index (χ4n) is 1.42. The summed E-state index contributed by atoms with van der Waals surface area (Å²) in [6, 6.07) is -0.449. The third kappa shape index (κ3) is 6.03. The molecule has 4 heteroatoms. The van der Waals surface area contributed by atoms with E-state index >= 15 is 0 Å². The second-order valence-corrected chi connectivity index (χ2v) is 6.01. The highest BCUT2D eigenvalue weighted by molar-refractivity contribution is 5.82. The van der Waals surface area contributed by atoms with Gasteiger partial charge in [-0.25, -0.2) is 0 Å². The Bertz CT molecular complexity index is 244. The molecule has 1 fully saturated rings. The second-order valence-electron chi connectivity index (χ2n) is 6.01. The molecule has 0 saturated heterocycles. The summed E-state index contributed by atoms with van der Waals surface area (Å²) in [4.78, 5) is 11.7. The van der Waals surface area contributed by atoms with Gasteiger partial charge in [0.05, 0.1) is 6.04 Å². The summed E-state index contributed by atoms with van der Waals surface area (Å²) in [6.45, 7) is 8.16. The Morgan fingerprint density at radius 2 is 2.12 bits per heavy atom. The highest BCUT2D eigenvalue weighted by Gasteiger charge is 2.26. The van der Waals surface area contributed by atoms with Gasteiger partial charge in [0.15, 0.2) is 0 Å². The first-order valence-corrected chi connectivity index (χ1v) is 6.52. The predicted octanol–water partition coefficient (Wildman–Crippen LogP) is 1.29. The highest BCUT2D eigenvalue weighted by Crippen LogP contribution is 2.28. The van der Waals surface area contributed by atoms with Gasteiger partial charge in [-0.1, -0.05) is 20.8 Å². The number of nitrogens with two attached hydrogens (primary N) is 1. The second kappa shape index (κ2) is 6.36. The van der Waals surface area contributed by atoms with E-state index in [1.807, 2.05) is 20.8 Å². The summed E-state index contributed by atoms with van der Waals surface area (Å²) < 4.78 is 5.48. The van der Waals surface area contributed by atoms with E-state index in [1.54, 1.807) is 0 Å². The molecule has 1 aliphatic rings. The molecule has 3 N–H and O–H groups in total. The minimum absolute atomic E-state index is 0.0697. The Kier molecular flexibility index (Phi) is 5.40. The van der Waals surface area contributed by atoms with E-state index < -0.39 is 6.04 Å². The first kappa shape index (κ1) is 14.5. The van der Waals surface area contributed by atoms with Crippen LogP contribution in [0.4, 0.5) is 0 Å². The Morgan fingerprint density at radius 1 is 1.47 bits per heavy atom. The van der Waals surface area contributed by atoms with Crippen molar-refractivity contribution in [2.75, 3.05) is 19.8 Å². The molecular weight excluding hydrogens is 216 g/mol. The van der Waals surface area contributed by atoms with Crippen LogP contribution in [-0.4, -0.2) is 31.7 Å². The average Bonchev–Trinajstić information content (AvgIpc) is 3.04. The van der Waals surface area contributed by atoms with Crippen molar-refractivity contribution in [3.05, 3.63) is 0 Å². The molecule has 1 atom stereocenters. The molecular formula is C13H26N2O2. The molecule has 0 aromatic rings. The minimum atomic E-state index is -0.449. The molecule has 0 aromatic carbocycles. The van der Waals surface area contributed by atoms with Crippen LogP contribution in [-0.2, 0) is 9.53 Å². The monoisotopic (exact) mass is 242 g/mol. The van der Waals surface area contributed by atoms with Gasteiger partial charge in [-0.2, -0.15) is 0 Å². The maximum atomic E-state index is 11.7. The first-order chi connectivity index (χ1) is 7.91. The van der Waals surface area contributed by atoms with E-state index in [1.165, 1.54) is 12.8 Å². The van der Waals surface area contributed by atoms with Crippen molar-refractivity contribution in [2.24, 2.45) is 17.1 Å². The molecule has 0 spiro atoms. The van der Waals surface area contributed by atoms with Gasteiger partial charge in [0.25, 0.3) is 0 Å². The van der Waals surface area contributed by atoms with Gasteiger partial charge in [-0.3, -0.25) is 4.79 Å². The zero-order valence-corrected chi connectivity index (χ0v) is 11.3. The Morgan fingerprint density at radius 3 is 2.65 bits per heavy atom. The first-order valence-electron chi connectivity index (χ1n) is 6.52. The number of ether oxygens (including phenoxy) is 1. The van der Waals surface area contributed by atoms with Gasteiger partial charge in [-0.05, 0) is 30.6 Å². The van der Waals surface area contributed by atoms with E-state index in [0.29, 0.717) is 6.54 Å². The fraction of sp³-hybridized carbons (Fsp3) is 0.923. The summed E-state index contributed by atoms with van der Waals surface area (Å²) in [5.41, 5.74) is 5.65. The van der Waals surface area contributed by atoms with Gasteiger partial charge >= 0.3 is 0 Å². The number of carbonyl (C=O) groups excluding carboxylic acids is 1. The zero-order valence-electron chi connectivity index (χ0n) is 11.3. The summed E-state index contributed by atoms with van der Waals surface area (Å²) in [7, 11) is 0. The van der Waals surface area contributed by atoms with Crippen molar-refractivity contribution in [3.8, 4) is 0 Å². The van der Waals surface area contributed by atoms with Gasteiger partial charge < -0.3 is 15.8 Å². The topological polar surface area (TPSA) is 64.4 Å². The third-order valence-corrected chi connectivity index (χ3v) is 3.03. The smallest absolute Gasteiger partial charge is 0.237 e. The Labute approximate surface area is 104 Å². The van der Waals surface area contributed by atoms with Crippen LogP contribution < -0.4 is 11.1 Å². The van der Waals surface area contributed by atoms with Crippen LogP contribution in [0.25, 0.3) is 0 Å². The summed E-state index contributed by atoms with van der Waals surface area (Å²) in [6.07, 6.45) is 3.49. The summed E-state index contributed by atoms with van der Waals surface area (Å²) in [5, 5.41) is 2.85. The molecule has 0 radical (unpaired) electrons. The van der Waals surface area contributed by atoms with Crippen molar-refractivity contribution in [1.82, 2.24) is 5.32 Å². The lowest BCUT2D eigenvalue weighted by molar-refractivity contribution is -0.124. The van der Waals surface area contributed by atoms with Crippen LogP contribution in [0.1, 0.15) is 40.0 Å². The molecule has 0 heterocycles. The molecule has 1 aliphatic carbocycles. The normalized spacial score (nSPS) is 17.9. The van der Waals surface area contributed by atoms with Crippen LogP contribution >= 0.6 is 0 Å². The van der Waals surface area contributed by atoms with Crippen molar-refractivity contribution in [2.45, 2.75) is 46.1 Å². The molecule has 1 saturated carbocycles. The largest absolute Gasteiger partial charge is 0.381 e. The molecule has 0 unspecified atom stereocenters. The van der Waals surface area contributed by atoms with E-state index in [-0.39, 0.29) is 11.3 Å². The maximum absolute atomic E-state index is 11.7. The van der Waals surface area contributed by atoms with Gasteiger partial charge in [0.2, 0.25) is 5.91 Å². The summed E-state index contributed by atoms with van der Waals surface area (Å²) in [5.74, 6) is 0.735. The third-order valence-electron chi connectivity index (χ3n) is 3.03. The fourth-order valence-corrected chi connectivity index (χ4v) is 1.42. The van der Waals surface area contributed by atoms with Crippen LogP contribution in [0, 0.1) is 11.3 Å². The summed E-state index contributed by atoms with van der Waals surface area (Å²) >= 11 is 0. The zero-order chi connectivity index (χ0) is 12.9. The van der Waals surface area contributed by atoms with Crippen LogP contribution in [0.2, 0.25) is 0 Å². The van der Waals surface area contributed by atoms with E-state index in [0.717, 1.165) is 25.6 Å². The average molecular weight is 242 g/mol. The molecule has 100 valence electrons. The number of hydrogen-bond acceptors (Lipinski definition) is 3. The number of rotatable bonds is 7. The molecule has 0 bridgehead atoms. The van der Waals surface area contributed by atoms with Gasteiger partial charge in [-0.15, -0.1) is 0 Å². The molecule has 0 aliphatic heterocycles. The van der Waals surface area contributed by atoms with E-state index in [4.69, 9.17) is 10.5 Å². The predicted molar refractivity (Wildman–Crippen MR) is 68.6 cm³/mol. The molecule has 0 aromatic heterocycles. The Balaban J connectivity index is 1.99. The molecule has 1 amide bonds. The standard InChI is InChI=1S/C13H26N2O2/c1-13(2,3)11(14)12(16)15-7-4-8-17-9-10-5-6-10/h10-11H,4-9,14H2,1-3H3,(H,15,16)/t11-/m0/s1. The highest BCUT2D eigenvalue weighted by atomic mass is 16.5. The van der Waals surface area contributed by atoms with Crippen molar-refractivity contribution >= 4 is 5.91 Å². The number of amides is 1. The van der Waals surface area contributed by atoms with Crippen LogP contribution in [0.15, 0.2) is 0 Å². The van der Waals surface area contributed by atoms with Crippen molar-refractivity contribution in [3.63, 3.8) is 0 Å². The van der Waals surface area contributed by atoms with Gasteiger partial charge in [0.1, 0.15) is 0 Å². The lowest BCUT2D eigenvalue weighted by Crippen LogP contribution is -2.48. The van der Waals surface area contributed by atoms with E-state index in [9.17, 15) is 4.79 Å². The van der Waals surface area contributed by atoms with Crippen molar-refractivity contribution in [1.29, 1.82) is 0 Å². The van der Waals surface area contributed by atoms with Crippen LogP contribution in [0.3, 0.4) is 0 Å². The number of nitrogens with one attached hydrogen (secondary N) is 1. The lowest BCUT2D eigenvalue weighted by atomic mass is 9.87. The van der Waals surface area contributed by atoms with Crippen molar-refractivity contribution < 1.29 is 9.53 Å². The Hall–Kier alpha value is -0.610. The molecule has 1 rings (SSSR count). The molecule has 4 nitrogen and oxygen atoms in total. The minimum Gasteiger partial charge on any atom is -0.381 e. The SMILES string of the molecule is CC(C)(C)[C@@H](N)C(=O)NCCCOCC1CC1.